The molecule has 6 nitrogen and oxygen atoms in total. The summed E-state index contributed by atoms with van der Waals surface area (Å²) >= 11 is 0. The number of unbranched alkanes of at least 4 members (excludes halogenated alkanes) is 3. The van der Waals surface area contributed by atoms with Crippen LogP contribution in [0.2, 0.25) is 0 Å². The molecule has 2 rings (SSSR count). The zero-order valence-electron chi connectivity index (χ0n) is 14.1. The number of hydrogen-bond donors (Lipinski definition) is 0. The lowest BCUT2D eigenvalue weighted by molar-refractivity contribution is -0.180. The summed E-state index contributed by atoms with van der Waals surface area (Å²) in [5.74, 6) is -0.877. The first kappa shape index (κ1) is 18.4. The van der Waals surface area contributed by atoms with Crippen LogP contribution in [0.15, 0.2) is 0 Å². The third-order valence-corrected chi connectivity index (χ3v) is 4.36. The van der Waals surface area contributed by atoms with Crippen LogP contribution in [0.25, 0.3) is 0 Å². The number of carbonyl (C=O) groups excluding carboxylic acids is 2. The van der Waals surface area contributed by atoms with Crippen LogP contribution in [-0.4, -0.2) is 50.1 Å². The van der Waals surface area contributed by atoms with Crippen molar-refractivity contribution in [3.05, 3.63) is 0 Å². The van der Waals surface area contributed by atoms with E-state index in [0.717, 1.165) is 38.4 Å². The van der Waals surface area contributed by atoms with Crippen molar-refractivity contribution >= 4 is 12.3 Å². The van der Waals surface area contributed by atoms with Crippen LogP contribution in [0.5, 0.6) is 0 Å². The molecule has 2 aliphatic heterocycles. The van der Waals surface area contributed by atoms with E-state index < -0.39 is 11.9 Å². The van der Waals surface area contributed by atoms with E-state index >= 15 is 0 Å². The van der Waals surface area contributed by atoms with E-state index in [1.165, 1.54) is 0 Å². The highest BCUT2D eigenvalue weighted by Gasteiger charge is 2.53. The molecule has 0 aliphatic carbocycles. The molecule has 0 saturated carbocycles. The molecule has 0 unspecified atom stereocenters. The second-order valence-corrected chi connectivity index (χ2v) is 6.52. The van der Waals surface area contributed by atoms with E-state index in [-0.39, 0.29) is 18.0 Å². The van der Waals surface area contributed by atoms with Crippen molar-refractivity contribution in [2.45, 2.75) is 70.4 Å². The highest BCUT2D eigenvalue weighted by Crippen LogP contribution is 2.40. The van der Waals surface area contributed by atoms with Crippen LogP contribution < -0.4 is 0 Å². The Morgan fingerprint density at radius 1 is 1.22 bits per heavy atom. The van der Waals surface area contributed by atoms with Crippen molar-refractivity contribution in [1.82, 2.24) is 0 Å². The molecule has 0 N–H and O–H groups in total. The first-order chi connectivity index (χ1) is 11.1. The van der Waals surface area contributed by atoms with Crippen LogP contribution in [0.1, 0.15) is 52.4 Å². The van der Waals surface area contributed by atoms with Gasteiger partial charge in [0, 0.05) is 12.3 Å². The Kier molecular flexibility index (Phi) is 6.99. The van der Waals surface area contributed by atoms with Gasteiger partial charge in [-0.05, 0) is 26.7 Å². The smallest absolute Gasteiger partial charge is 0.306 e. The normalized spacial score (nSPS) is 26.0. The molecule has 6 heteroatoms. The van der Waals surface area contributed by atoms with Gasteiger partial charge in [0.25, 0.3) is 0 Å². The molecule has 1 spiro atoms. The molecule has 0 amide bonds. The molecular formula is C17H28O6. The molecule has 2 aliphatic rings. The van der Waals surface area contributed by atoms with E-state index in [2.05, 4.69) is 0 Å². The van der Waals surface area contributed by atoms with Crippen molar-refractivity contribution in [2.75, 3.05) is 19.8 Å². The Bertz CT molecular complexity index is 389. The van der Waals surface area contributed by atoms with Crippen LogP contribution >= 0.6 is 0 Å². The molecule has 2 heterocycles. The van der Waals surface area contributed by atoms with Crippen molar-refractivity contribution in [2.24, 2.45) is 5.92 Å². The van der Waals surface area contributed by atoms with E-state index in [4.69, 9.17) is 18.9 Å². The summed E-state index contributed by atoms with van der Waals surface area (Å²) < 4.78 is 22.1. The first-order valence-electron chi connectivity index (χ1n) is 8.62. The first-order valence-corrected chi connectivity index (χ1v) is 8.62. The molecule has 0 aromatic heterocycles. The van der Waals surface area contributed by atoms with Gasteiger partial charge in [-0.2, -0.15) is 0 Å². The minimum absolute atomic E-state index is 0.0339. The Morgan fingerprint density at radius 3 is 2.57 bits per heavy atom. The number of carbonyl (C=O) groups is 2. The van der Waals surface area contributed by atoms with Crippen LogP contribution in [0, 0.1) is 5.92 Å². The Morgan fingerprint density at radius 2 is 1.91 bits per heavy atom. The van der Waals surface area contributed by atoms with Crippen molar-refractivity contribution in [3.8, 4) is 0 Å². The monoisotopic (exact) mass is 328 g/mol. The average molecular weight is 328 g/mol. The summed E-state index contributed by atoms with van der Waals surface area (Å²) in [5.41, 5.74) is 0. The number of esters is 1. The van der Waals surface area contributed by atoms with Gasteiger partial charge in [-0.25, -0.2) is 0 Å². The molecule has 23 heavy (non-hydrogen) atoms. The predicted octanol–water partition coefficient (Wildman–Crippen LogP) is 2.24. The Hall–Kier alpha value is -0.980. The molecular weight excluding hydrogens is 300 g/mol. The SMILES string of the molecule is CC(C)OC(=O)CCCCCC[C@@H]1[C@@H](C=O)OCC12OCCO2. The van der Waals surface area contributed by atoms with Gasteiger partial charge in [0.05, 0.1) is 19.3 Å². The molecule has 0 aromatic rings. The fourth-order valence-electron chi connectivity index (χ4n) is 3.28. The molecule has 0 aromatic carbocycles. The van der Waals surface area contributed by atoms with Gasteiger partial charge in [-0.1, -0.05) is 19.3 Å². The maximum absolute atomic E-state index is 11.4. The van der Waals surface area contributed by atoms with Gasteiger partial charge in [-0.3, -0.25) is 4.79 Å². The quantitative estimate of drug-likeness (QED) is 0.367. The number of ether oxygens (including phenoxy) is 4. The van der Waals surface area contributed by atoms with Crippen LogP contribution in [-0.2, 0) is 28.5 Å². The van der Waals surface area contributed by atoms with E-state index in [1.807, 2.05) is 13.8 Å². The van der Waals surface area contributed by atoms with Gasteiger partial charge < -0.3 is 23.7 Å². The summed E-state index contributed by atoms with van der Waals surface area (Å²) in [5, 5.41) is 0. The molecule has 2 fully saturated rings. The lowest BCUT2D eigenvalue weighted by Gasteiger charge is -2.28. The highest BCUT2D eigenvalue weighted by molar-refractivity contribution is 5.69. The predicted molar refractivity (Wildman–Crippen MR) is 82.9 cm³/mol. The fourth-order valence-corrected chi connectivity index (χ4v) is 3.28. The number of aldehydes is 1. The second kappa shape index (κ2) is 8.76. The molecule has 2 atom stereocenters. The third kappa shape index (κ3) is 4.99. The van der Waals surface area contributed by atoms with Crippen LogP contribution in [0.3, 0.4) is 0 Å². The average Bonchev–Trinajstić information content (AvgIpc) is 3.10. The molecule has 0 bridgehead atoms. The standard InChI is InChI=1S/C17H28O6/c1-13(2)23-16(19)8-6-4-3-5-7-14-15(11-18)20-12-17(14)21-9-10-22-17/h11,13-15H,3-10,12H2,1-2H3/t14-,15-/m1/s1. The van der Waals surface area contributed by atoms with Gasteiger partial charge in [-0.15, -0.1) is 0 Å². The zero-order chi connectivity index (χ0) is 16.7. The summed E-state index contributed by atoms with van der Waals surface area (Å²) in [6, 6.07) is 0. The number of rotatable bonds is 9. The molecule has 132 valence electrons. The van der Waals surface area contributed by atoms with Gasteiger partial charge in [0.15, 0.2) is 5.79 Å². The minimum atomic E-state index is -0.716. The molecule has 0 radical (unpaired) electrons. The van der Waals surface area contributed by atoms with Gasteiger partial charge in [0.2, 0.25) is 0 Å². The minimum Gasteiger partial charge on any atom is -0.463 e. The fraction of sp³-hybridized carbons (Fsp3) is 0.882. The summed E-state index contributed by atoms with van der Waals surface area (Å²) in [4.78, 5) is 22.6. The summed E-state index contributed by atoms with van der Waals surface area (Å²) in [7, 11) is 0. The van der Waals surface area contributed by atoms with Gasteiger partial charge >= 0.3 is 5.97 Å². The lowest BCUT2D eigenvalue weighted by Crippen LogP contribution is -2.40. The maximum atomic E-state index is 11.4. The number of hydrogen-bond acceptors (Lipinski definition) is 6. The lowest BCUT2D eigenvalue weighted by atomic mass is 9.90. The Labute approximate surface area is 137 Å². The van der Waals surface area contributed by atoms with Crippen molar-refractivity contribution < 1.29 is 28.5 Å². The topological polar surface area (TPSA) is 71.1 Å². The van der Waals surface area contributed by atoms with E-state index in [1.54, 1.807) is 0 Å². The van der Waals surface area contributed by atoms with Crippen molar-refractivity contribution in [1.29, 1.82) is 0 Å². The third-order valence-electron chi connectivity index (χ3n) is 4.36. The second-order valence-electron chi connectivity index (χ2n) is 6.52. The maximum Gasteiger partial charge on any atom is 0.306 e. The van der Waals surface area contributed by atoms with E-state index in [9.17, 15) is 9.59 Å². The van der Waals surface area contributed by atoms with Gasteiger partial charge in [0.1, 0.15) is 19.0 Å². The van der Waals surface area contributed by atoms with Crippen molar-refractivity contribution in [3.63, 3.8) is 0 Å². The van der Waals surface area contributed by atoms with E-state index in [0.29, 0.717) is 26.2 Å². The summed E-state index contributed by atoms with van der Waals surface area (Å²) in [6.07, 6.45) is 5.45. The highest BCUT2D eigenvalue weighted by atomic mass is 16.8. The summed E-state index contributed by atoms with van der Waals surface area (Å²) in [6.45, 7) is 5.16. The molecule has 2 saturated heterocycles. The van der Waals surface area contributed by atoms with Crippen LogP contribution in [0.4, 0.5) is 0 Å². The zero-order valence-corrected chi connectivity index (χ0v) is 14.1. The Balaban J connectivity index is 1.64. The largest absolute Gasteiger partial charge is 0.463 e.